The molecule has 0 bridgehead atoms. The van der Waals surface area contributed by atoms with E-state index in [0.29, 0.717) is 0 Å². The van der Waals surface area contributed by atoms with Gasteiger partial charge in [-0.25, -0.2) is 0 Å². The summed E-state index contributed by atoms with van der Waals surface area (Å²) >= 11 is 0. The van der Waals surface area contributed by atoms with Gasteiger partial charge in [-0.05, 0) is 45.9 Å². The van der Waals surface area contributed by atoms with Crippen LogP contribution < -0.4 is 0 Å². The highest BCUT2D eigenvalue weighted by atomic mass is 14.3. The Morgan fingerprint density at radius 3 is 1.79 bits per heavy atom. The van der Waals surface area contributed by atoms with Crippen molar-refractivity contribution in [2.75, 3.05) is 0 Å². The maximum atomic E-state index is 2.27. The number of fused-ring (bicyclic) bond motifs is 2. The maximum Gasteiger partial charge on any atom is -0.00331 e. The Labute approximate surface area is 82.9 Å². The third-order valence-corrected chi connectivity index (χ3v) is 3.54. The zero-order valence-corrected chi connectivity index (χ0v) is 7.88. The van der Waals surface area contributed by atoms with E-state index in [4.69, 9.17) is 0 Å². The molecule has 0 saturated carbocycles. The monoisotopic (exact) mass is 178 g/mol. The summed E-state index contributed by atoms with van der Waals surface area (Å²) in [5.41, 5.74) is 6.22. The van der Waals surface area contributed by atoms with Gasteiger partial charge in [-0.1, -0.05) is 36.4 Å². The number of hydrogen-bond acceptors (Lipinski definition) is 0. The molecule has 0 heterocycles. The van der Waals surface area contributed by atoms with Gasteiger partial charge in [-0.2, -0.15) is 0 Å². The second-order valence-electron chi connectivity index (χ2n) is 4.17. The predicted molar refractivity (Wildman–Crippen MR) is 60.0 cm³/mol. The fraction of sp³-hybridized carbons (Fsp3) is 0.143. The van der Waals surface area contributed by atoms with Crippen LogP contribution in [0.3, 0.4) is 0 Å². The molecule has 2 aromatic rings. The summed E-state index contributed by atoms with van der Waals surface area (Å²) in [4.78, 5) is 0. The lowest BCUT2D eigenvalue weighted by Crippen LogP contribution is -1.95. The number of benzene rings is 2. The second-order valence-corrected chi connectivity index (χ2v) is 4.17. The van der Waals surface area contributed by atoms with E-state index in [0.717, 1.165) is 0 Å². The first-order valence-electron chi connectivity index (χ1n) is 5.20. The highest BCUT2D eigenvalue weighted by molar-refractivity contribution is 6.16. The SMILES string of the molecule is c1cc2c3c(cccc3c1)C1=C2CC1. The van der Waals surface area contributed by atoms with Gasteiger partial charge in [-0.15, -0.1) is 0 Å². The van der Waals surface area contributed by atoms with Crippen LogP contribution >= 0.6 is 0 Å². The van der Waals surface area contributed by atoms with Gasteiger partial charge >= 0.3 is 0 Å². The molecular formula is C14H10. The van der Waals surface area contributed by atoms with Crippen molar-refractivity contribution in [2.45, 2.75) is 12.8 Å². The van der Waals surface area contributed by atoms with Gasteiger partial charge in [0.05, 0.1) is 0 Å². The van der Waals surface area contributed by atoms with Crippen LogP contribution in [0.15, 0.2) is 36.4 Å². The van der Waals surface area contributed by atoms with Crippen LogP contribution in [-0.2, 0) is 0 Å². The minimum absolute atomic E-state index is 1.28. The van der Waals surface area contributed by atoms with Crippen LogP contribution in [0, 0.1) is 0 Å². The van der Waals surface area contributed by atoms with Crippen molar-refractivity contribution in [1.82, 2.24) is 0 Å². The molecule has 0 saturated heterocycles. The molecule has 0 fully saturated rings. The second kappa shape index (κ2) is 2.09. The van der Waals surface area contributed by atoms with Gasteiger partial charge in [0, 0.05) is 0 Å². The molecule has 66 valence electrons. The van der Waals surface area contributed by atoms with Crippen molar-refractivity contribution in [3.8, 4) is 0 Å². The van der Waals surface area contributed by atoms with Crippen molar-refractivity contribution in [3.63, 3.8) is 0 Å². The molecule has 0 amide bonds. The van der Waals surface area contributed by atoms with E-state index in [2.05, 4.69) is 36.4 Å². The minimum Gasteiger partial charge on any atom is -0.0610 e. The van der Waals surface area contributed by atoms with E-state index in [1.165, 1.54) is 34.7 Å². The lowest BCUT2D eigenvalue weighted by molar-refractivity contribution is 1.03. The van der Waals surface area contributed by atoms with Crippen molar-refractivity contribution >= 4 is 21.9 Å². The van der Waals surface area contributed by atoms with Gasteiger partial charge in [-0.3, -0.25) is 0 Å². The minimum atomic E-state index is 1.28. The first-order valence-corrected chi connectivity index (χ1v) is 5.20. The third kappa shape index (κ3) is 0.598. The zero-order valence-electron chi connectivity index (χ0n) is 7.88. The average molecular weight is 178 g/mol. The summed E-state index contributed by atoms with van der Waals surface area (Å²) in [5.74, 6) is 0. The predicted octanol–water partition coefficient (Wildman–Crippen LogP) is 3.86. The first kappa shape index (κ1) is 6.83. The molecule has 0 heteroatoms. The molecule has 0 spiro atoms. The maximum absolute atomic E-state index is 2.27. The van der Waals surface area contributed by atoms with Crippen LogP contribution in [0.2, 0.25) is 0 Å². The van der Waals surface area contributed by atoms with Crippen LogP contribution in [0.1, 0.15) is 24.0 Å². The number of rotatable bonds is 0. The van der Waals surface area contributed by atoms with E-state index < -0.39 is 0 Å². The number of allylic oxidation sites excluding steroid dienone is 2. The van der Waals surface area contributed by atoms with E-state index in [-0.39, 0.29) is 0 Å². The van der Waals surface area contributed by atoms with E-state index in [9.17, 15) is 0 Å². The van der Waals surface area contributed by atoms with E-state index >= 15 is 0 Å². The largest absolute Gasteiger partial charge is 0.0610 e. The van der Waals surface area contributed by atoms with Gasteiger partial charge in [0.1, 0.15) is 0 Å². The highest BCUT2D eigenvalue weighted by Crippen LogP contribution is 2.51. The quantitative estimate of drug-likeness (QED) is 0.574. The Kier molecular flexibility index (Phi) is 1.02. The molecule has 2 aliphatic carbocycles. The molecule has 0 aliphatic heterocycles. The zero-order chi connectivity index (χ0) is 9.12. The summed E-state index contributed by atoms with van der Waals surface area (Å²) in [6.45, 7) is 0. The van der Waals surface area contributed by atoms with Crippen LogP contribution in [0.5, 0.6) is 0 Å². The molecule has 0 aromatic heterocycles. The van der Waals surface area contributed by atoms with Crippen molar-refractivity contribution in [1.29, 1.82) is 0 Å². The lowest BCUT2D eigenvalue weighted by atomic mass is 9.87. The fourth-order valence-corrected chi connectivity index (χ4v) is 2.81. The Bertz CT molecular complexity index is 539. The Morgan fingerprint density at radius 1 is 0.714 bits per heavy atom. The first-order chi connectivity index (χ1) is 6.95. The molecule has 2 aromatic carbocycles. The summed E-state index contributed by atoms with van der Waals surface area (Å²) in [6.07, 6.45) is 2.56. The standard InChI is InChI=1S/C14H10/c1-3-9-4-2-6-13-11-8-7-10(11)12(5-1)14(9)13/h1-6H,7-8H2. The van der Waals surface area contributed by atoms with Gasteiger partial charge in [0.2, 0.25) is 0 Å². The summed E-state index contributed by atoms with van der Waals surface area (Å²) in [7, 11) is 0. The summed E-state index contributed by atoms with van der Waals surface area (Å²) in [6, 6.07) is 13.3. The van der Waals surface area contributed by atoms with Gasteiger partial charge in [0.15, 0.2) is 0 Å². The third-order valence-electron chi connectivity index (χ3n) is 3.54. The van der Waals surface area contributed by atoms with Crippen molar-refractivity contribution in [2.24, 2.45) is 0 Å². The highest BCUT2D eigenvalue weighted by Gasteiger charge is 2.28. The molecule has 0 N–H and O–H groups in total. The fourth-order valence-electron chi connectivity index (χ4n) is 2.81. The Hall–Kier alpha value is -1.56. The van der Waals surface area contributed by atoms with Crippen molar-refractivity contribution in [3.05, 3.63) is 47.5 Å². The van der Waals surface area contributed by atoms with Crippen LogP contribution in [0.25, 0.3) is 21.9 Å². The van der Waals surface area contributed by atoms with Crippen molar-refractivity contribution < 1.29 is 0 Å². The topological polar surface area (TPSA) is 0 Å². The van der Waals surface area contributed by atoms with E-state index in [1.54, 1.807) is 11.1 Å². The molecule has 0 radical (unpaired) electrons. The average Bonchev–Trinajstić information content (AvgIpc) is 2.36. The normalized spacial score (nSPS) is 17.1. The van der Waals surface area contributed by atoms with Crippen LogP contribution in [0.4, 0.5) is 0 Å². The lowest BCUT2D eigenvalue weighted by Gasteiger charge is -2.17. The smallest absolute Gasteiger partial charge is 0.00331 e. The molecule has 0 nitrogen and oxygen atoms in total. The van der Waals surface area contributed by atoms with Crippen LogP contribution in [-0.4, -0.2) is 0 Å². The van der Waals surface area contributed by atoms with E-state index in [1.807, 2.05) is 0 Å². The molecule has 2 aliphatic rings. The van der Waals surface area contributed by atoms with Gasteiger partial charge in [0.25, 0.3) is 0 Å². The summed E-state index contributed by atoms with van der Waals surface area (Å²) in [5, 5.41) is 2.90. The summed E-state index contributed by atoms with van der Waals surface area (Å²) < 4.78 is 0. The Balaban J connectivity index is 2.30. The molecule has 14 heavy (non-hydrogen) atoms. The molecule has 0 atom stereocenters. The number of hydrogen-bond donors (Lipinski definition) is 0. The molecule has 0 unspecified atom stereocenters. The Morgan fingerprint density at radius 2 is 1.29 bits per heavy atom. The molecular weight excluding hydrogens is 168 g/mol. The van der Waals surface area contributed by atoms with Gasteiger partial charge < -0.3 is 0 Å². The molecule has 4 rings (SSSR count).